The highest BCUT2D eigenvalue weighted by Crippen LogP contribution is 2.20. The Morgan fingerprint density at radius 3 is 2.67 bits per heavy atom. The summed E-state index contributed by atoms with van der Waals surface area (Å²) in [6.07, 6.45) is 0.681. The summed E-state index contributed by atoms with van der Waals surface area (Å²) in [5, 5.41) is 19.7. The highest BCUT2D eigenvalue weighted by Gasteiger charge is 2.28. The lowest BCUT2D eigenvalue weighted by Crippen LogP contribution is -2.55. The minimum atomic E-state index is -1.05. The molecular formula is C10H17N2O3-. The number of aliphatic hydroxyl groups is 1. The van der Waals surface area contributed by atoms with Gasteiger partial charge in [-0.1, -0.05) is 0 Å². The summed E-state index contributed by atoms with van der Waals surface area (Å²) >= 11 is 0. The van der Waals surface area contributed by atoms with Crippen molar-refractivity contribution in [1.82, 2.24) is 9.80 Å². The molecule has 0 radical (unpaired) electrons. The van der Waals surface area contributed by atoms with Crippen molar-refractivity contribution in [2.24, 2.45) is 5.92 Å². The number of hydrogen-bond acceptors (Lipinski definition) is 4. The quantitative estimate of drug-likeness (QED) is 0.634. The summed E-state index contributed by atoms with van der Waals surface area (Å²) in [4.78, 5) is 14.0. The van der Waals surface area contributed by atoms with Crippen LogP contribution in [0.4, 0.5) is 4.79 Å². The van der Waals surface area contributed by atoms with Crippen molar-refractivity contribution in [2.75, 3.05) is 32.7 Å². The zero-order valence-electron chi connectivity index (χ0n) is 8.76. The summed E-state index contributed by atoms with van der Waals surface area (Å²) in [6.45, 7) is 3.97. The first-order valence-electron chi connectivity index (χ1n) is 5.51. The number of aliphatic hydroxyl groups excluding tert-OH is 1. The molecule has 0 saturated carbocycles. The second kappa shape index (κ2) is 4.37. The second-order valence-electron chi connectivity index (χ2n) is 4.57. The minimum Gasteiger partial charge on any atom is -0.530 e. The van der Waals surface area contributed by atoms with Crippen LogP contribution in [0.1, 0.15) is 12.8 Å². The predicted octanol–water partition coefficient (Wildman–Crippen LogP) is -1.28. The molecule has 15 heavy (non-hydrogen) atoms. The van der Waals surface area contributed by atoms with Gasteiger partial charge in [0.2, 0.25) is 0 Å². The number of β-amino-alcohol motifs (C(OH)–C–C–N with tert-alkyl or cyclic N) is 1. The number of carboxylic acid groups (broad SMARTS) is 1. The molecule has 0 aromatic carbocycles. The first-order chi connectivity index (χ1) is 7.15. The smallest absolute Gasteiger partial charge is 0.136 e. The fourth-order valence-electron chi connectivity index (χ4n) is 2.28. The fraction of sp³-hybridized carbons (Fsp3) is 0.900. The van der Waals surface area contributed by atoms with Crippen molar-refractivity contribution in [2.45, 2.75) is 18.9 Å². The largest absolute Gasteiger partial charge is 0.530 e. The lowest BCUT2D eigenvalue weighted by atomic mass is 9.97. The third kappa shape index (κ3) is 2.60. The number of carbonyl (C=O) groups excluding carboxylic acids is 1. The molecule has 2 fully saturated rings. The van der Waals surface area contributed by atoms with Gasteiger partial charge in [0, 0.05) is 26.2 Å². The molecule has 2 heterocycles. The van der Waals surface area contributed by atoms with Crippen LogP contribution in [0.25, 0.3) is 0 Å². The van der Waals surface area contributed by atoms with E-state index in [0.717, 1.165) is 32.5 Å². The zero-order chi connectivity index (χ0) is 10.8. The van der Waals surface area contributed by atoms with Crippen LogP contribution in [-0.2, 0) is 0 Å². The van der Waals surface area contributed by atoms with Crippen molar-refractivity contribution in [3.8, 4) is 0 Å². The molecule has 0 aromatic rings. The number of likely N-dealkylation sites (tertiary alicyclic amines) is 2. The van der Waals surface area contributed by atoms with Gasteiger partial charge < -0.3 is 24.8 Å². The van der Waals surface area contributed by atoms with Crippen LogP contribution in [0.15, 0.2) is 0 Å². The third-order valence-electron chi connectivity index (χ3n) is 3.32. The van der Waals surface area contributed by atoms with Gasteiger partial charge in [0.25, 0.3) is 0 Å². The molecule has 0 bridgehead atoms. The lowest BCUT2D eigenvalue weighted by molar-refractivity contribution is -0.271. The number of nitrogens with zero attached hydrogens (tertiary/aromatic N) is 2. The van der Waals surface area contributed by atoms with Gasteiger partial charge in [-0.05, 0) is 25.3 Å². The fourth-order valence-corrected chi connectivity index (χ4v) is 2.28. The van der Waals surface area contributed by atoms with Crippen molar-refractivity contribution in [1.29, 1.82) is 0 Å². The average Bonchev–Trinajstić information content (AvgIpc) is 2.48. The SMILES string of the molecule is O=C([O-])N1CC(CCN2CC[C@H](O)C2)C1. The molecule has 0 unspecified atom stereocenters. The summed E-state index contributed by atoms with van der Waals surface area (Å²) < 4.78 is 0. The van der Waals surface area contributed by atoms with E-state index in [1.165, 1.54) is 4.90 Å². The molecule has 2 aliphatic heterocycles. The van der Waals surface area contributed by atoms with Crippen LogP contribution in [-0.4, -0.2) is 59.8 Å². The Labute approximate surface area is 89.3 Å². The maximum atomic E-state index is 10.4. The summed E-state index contributed by atoms with van der Waals surface area (Å²) in [7, 11) is 0. The maximum absolute atomic E-state index is 10.4. The molecule has 2 saturated heterocycles. The van der Waals surface area contributed by atoms with Gasteiger partial charge in [0.15, 0.2) is 0 Å². The number of amides is 1. The van der Waals surface area contributed by atoms with Crippen molar-refractivity contribution < 1.29 is 15.0 Å². The summed E-state index contributed by atoms with van der Waals surface area (Å²) in [5.41, 5.74) is 0. The zero-order valence-corrected chi connectivity index (χ0v) is 8.76. The molecule has 1 amide bonds. The molecule has 86 valence electrons. The molecule has 1 atom stereocenters. The van der Waals surface area contributed by atoms with Crippen LogP contribution in [0.2, 0.25) is 0 Å². The second-order valence-corrected chi connectivity index (χ2v) is 4.57. The summed E-state index contributed by atoms with van der Waals surface area (Å²) in [5.74, 6) is 0.487. The molecule has 5 nitrogen and oxygen atoms in total. The van der Waals surface area contributed by atoms with Crippen LogP contribution in [0.5, 0.6) is 0 Å². The van der Waals surface area contributed by atoms with E-state index in [2.05, 4.69) is 4.90 Å². The first kappa shape index (κ1) is 10.7. The van der Waals surface area contributed by atoms with Crippen LogP contribution in [0.3, 0.4) is 0 Å². The van der Waals surface area contributed by atoms with Gasteiger partial charge in [0.1, 0.15) is 6.09 Å². The Hall–Kier alpha value is -0.810. The van der Waals surface area contributed by atoms with E-state index in [0.29, 0.717) is 19.0 Å². The Bertz CT molecular complexity index is 241. The van der Waals surface area contributed by atoms with Crippen LogP contribution >= 0.6 is 0 Å². The normalized spacial score (nSPS) is 28.1. The van der Waals surface area contributed by atoms with Gasteiger partial charge in [-0.25, -0.2) is 0 Å². The average molecular weight is 213 g/mol. The molecule has 1 N–H and O–H groups in total. The van der Waals surface area contributed by atoms with Gasteiger partial charge in [-0.2, -0.15) is 0 Å². The van der Waals surface area contributed by atoms with E-state index in [1.807, 2.05) is 0 Å². The summed E-state index contributed by atoms with van der Waals surface area (Å²) in [6, 6.07) is 0. The molecule has 0 aromatic heterocycles. The van der Waals surface area contributed by atoms with Crippen molar-refractivity contribution in [3.63, 3.8) is 0 Å². The van der Waals surface area contributed by atoms with Gasteiger partial charge in [0.05, 0.1) is 6.10 Å². The maximum Gasteiger partial charge on any atom is 0.136 e. The highest BCUT2D eigenvalue weighted by molar-refractivity contribution is 5.63. The van der Waals surface area contributed by atoms with Crippen LogP contribution < -0.4 is 5.11 Å². The Morgan fingerprint density at radius 1 is 1.40 bits per heavy atom. The first-order valence-corrected chi connectivity index (χ1v) is 5.51. The van der Waals surface area contributed by atoms with Gasteiger partial charge >= 0.3 is 0 Å². The predicted molar refractivity (Wildman–Crippen MR) is 52.1 cm³/mol. The van der Waals surface area contributed by atoms with Gasteiger partial charge in [-0.3, -0.25) is 0 Å². The van der Waals surface area contributed by atoms with E-state index >= 15 is 0 Å². The third-order valence-corrected chi connectivity index (χ3v) is 3.32. The Balaban J connectivity index is 1.58. The molecule has 2 aliphatic rings. The molecular weight excluding hydrogens is 196 g/mol. The minimum absolute atomic E-state index is 0.161. The number of carbonyl (C=O) groups is 1. The number of rotatable bonds is 3. The van der Waals surface area contributed by atoms with Crippen LogP contribution in [0, 0.1) is 5.92 Å². The van der Waals surface area contributed by atoms with E-state index in [4.69, 9.17) is 0 Å². The lowest BCUT2D eigenvalue weighted by Gasteiger charge is -2.41. The van der Waals surface area contributed by atoms with Crippen molar-refractivity contribution >= 4 is 6.09 Å². The van der Waals surface area contributed by atoms with E-state index < -0.39 is 6.09 Å². The van der Waals surface area contributed by atoms with E-state index in [1.54, 1.807) is 0 Å². The molecule has 0 spiro atoms. The Morgan fingerprint density at radius 2 is 2.13 bits per heavy atom. The van der Waals surface area contributed by atoms with E-state index in [9.17, 15) is 15.0 Å². The molecule has 5 heteroatoms. The number of hydrogen-bond donors (Lipinski definition) is 1. The monoisotopic (exact) mass is 213 g/mol. The Kier molecular flexibility index (Phi) is 3.11. The van der Waals surface area contributed by atoms with Gasteiger partial charge in [-0.15, -0.1) is 0 Å². The highest BCUT2D eigenvalue weighted by atomic mass is 16.4. The van der Waals surface area contributed by atoms with Crippen molar-refractivity contribution in [3.05, 3.63) is 0 Å². The standard InChI is InChI=1S/C10H18N2O3/c13-9-2-4-11(7-9)3-1-8-5-12(6-8)10(14)15/h8-9,13H,1-7H2,(H,14,15)/p-1/t9-/m0/s1. The topological polar surface area (TPSA) is 66.8 Å². The molecule has 2 rings (SSSR count). The van der Waals surface area contributed by atoms with E-state index in [-0.39, 0.29) is 6.10 Å². The molecule has 0 aliphatic carbocycles.